The van der Waals surface area contributed by atoms with E-state index in [-0.39, 0.29) is 24.1 Å². The summed E-state index contributed by atoms with van der Waals surface area (Å²) in [5.41, 5.74) is 2.22. The lowest BCUT2D eigenvalue weighted by atomic mass is 10.2. The first-order valence-electron chi connectivity index (χ1n) is 11.4. The number of carbonyl (C=O) groups excluding carboxylic acids is 2. The van der Waals surface area contributed by atoms with E-state index in [0.717, 1.165) is 31.7 Å². The van der Waals surface area contributed by atoms with Gasteiger partial charge in [0.05, 0.1) is 0 Å². The number of nitrogens with one attached hydrogen (secondary N) is 4. The number of likely N-dealkylation sites (N-methyl/N-ethyl adjacent to an activating group) is 2. The fourth-order valence-corrected chi connectivity index (χ4v) is 3.61. The number of urea groups is 2. The van der Waals surface area contributed by atoms with E-state index in [1.54, 1.807) is 6.07 Å². The van der Waals surface area contributed by atoms with E-state index in [9.17, 15) is 9.59 Å². The van der Waals surface area contributed by atoms with Crippen molar-refractivity contribution in [2.45, 2.75) is 60.5 Å². The fraction of sp³-hybridized carbons (Fsp3) is 0.652. The van der Waals surface area contributed by atoms with Crippen LogP contribution in [0.2, 0.25) is 0 Å². The van der Waals surface area contributed by atoms with E-state index in [1.807, 2.05) is 19.1 Å². The second kappa shape index (κ2) is 13.9. The van der Waals surface area contributed by atoms with Crippen LogP contribution in [0, 0.1) is 6.92 Å². The van der Waals surface area contributed by atoms with Gasteiger partial charge in [-0.1, -0.05) is 33.8 Å². The number of benzene rings is 1. The highest BCUT2D eigenvalue weighted by atomic mass is 16.2. The third kappa shape index (κ3) is 9.14. The van der Waals surface area contributed by atoms with Crippen LogP contribution in [0.15, 0.2) is 18.2 Å². The highest BCUT2D eigenvalue weighted by Gasteiger charge is 2.13. The first kappa shape index (κ1) is 26.7. The van der Waals surface area contributed by atoms with Crippen LogP contribution in [-0.2, 0) is 0 Å². The molecule has 4 N–H and O–H groups in total. The van der Waals surface area contributed by atoms with Gasteiger partial charge in [-0.25, -0.2) is 9.59 Å². The molecular weight excluding hydrogens is 392 g/mol. The molecule has 1 aromatic carbocycles. The second-order valence-corrected chi connectivity index (χ2v) is 7.84. The van der Waals surface area contributed by atoms with Gasteiger partial charge in [-0.15, -0.1) is 0 Å². The molecule has 0 fully saturated rings. The summed E-state index contributed by atoms with van der Waals surface area (Å²) in [6.07, 6.45) is 0. The molecule has 8 heteroatoms. The highest BCUT2D eigenvalue weighted by Crippen LogP contribution is 2.20. The van der Waals surface area contributed by atoms with Gasteiger partial charge < -0.3 is 21.3 Å². The van der Waals surface area contributed by atoms with E-state index < -0.39 is 0 Å². The minimum absolute atomic E-state index is 0.253. The number of anilines is 2. The first-order valence-corrected chi connectivity index (χ1v) is 11.4. The van der Waals surface area contributed by atoms with Gasteiger partial charge in [-0.2, -0.15) is 0 Å². The lowest BCUT2D eigenvalue weighted by Crippen LogP contribution is -2.43. The van der Waals surface area contributed by atoms with Crippen molar-refractivity contribution in [1.29, 1.82) is 0 Å². The Morgan fingerprint density at radius 2 is 1.26 bits per heavy atom. The molecule has 0 aliphatic rings. The van der Waals surface area contributed by atoms with Gasteiger partial charge >= 0.3 is 12.1 Å². The molecule has 0 aliphatic heterocycles. The summed E-state index contributed by atoms with van der Waals surface area (Å²) in [7, 11) is 0. The molecule has 0 saturated carbocycles. The fourth-order valence-electron chi connectivity index (χ4n) is 3.61. The molecule has 2 atom stereocenters. The first-order chi connectivity index (χ1) is 14.7. The monoisotopic (exact) mass is 434 g/mol. The summed E-state index contributed by atoms with van der Waals surface area (Å²) in [5.74, 6) is 0. The smallest absolute Gasteiger partial charge is 0.319 e. The van der Waals surface area contributed by atoms with E-state index in [1.165, 1.54) is 0 Å². The Balaban J connectivity index is 2.60. The van der Waals surface area contributed by atoms with Gasteiger partial charge in [0, 0.05) is 36.5 Å². The lowest BCUT2D eigenvalue weighted by Gasteiger charge is -2.26. The summed E-state index contributed by atoms with van der Waals surface area (Å²) in [6, 6.07) is 5.49. The number of aryl methyl sites for hydroxylation is 1. The van der Waals surface area contributed by atoms with Crippen LogP contribution in [0.5, 0.6) is 0 Å². The van der Waals surface area contributed by atoms with Gasteiger partial charge in [0.1, 0.15) is 0 Å². The van der Waals surface area contributed by atoms with Crippen LogP contribution >= 0.6 is 0 Å². The zero-order chi connectivity index (χ0) is 23.4. The SMILES string of the molecule is CCN(CC)[C@H](C)CNC(=O)Nc1ccc(C)c(NC(=O)NC[C@@H](C)N(CC)CC)c1. The van der Waals surface area contributed by atoms with Gasteiger partial charge in [0.15, 0.2) is 0 Å². The van der Waals surface area contributed by atoms with Crippen molar-refractivity contribution in [2.75, 3.05) is 49.9 Å². The van der Waals surface area contributed by atoms with Crippen LogP contribution in [-0.4, -0.2) is 73.2 Å². The summed E-state index contributed by atoms with van der Waals surface area (Å²) in [5, 5.41) is 11.6. The highest BCUT2D eigenvalue weighted by molar-refractivity contribution is 5.93. The molecule has 0 aliphatic carbocycles. The number of rotatable bonds is 12. The number of amides is 4. The molecule has 0 aromatic heterocycles. The Morgan fingerprint density at radius 3 is 1.71 bits per heavy atom. The Kier molecular flexibility index (Phi) is 12.0. The zero-order valence-corrected chi connectivity index (χ0v) is 20.3. The van der Waals surface area contributed by atoms with Crippen LogP contribution in [0.3, 0.4) is 0 Å². The molecule has 176 valence electrons. The Morgan fingerprint density at radius 1 is 0.806 bits per heavy atom. The average Bonchev–Trinajstić information content (AvgIpc) is 2.75. The van der Waals surface area contributed by atoms with Gasteiger partial charge in [-0.3, -0.25) is 9.80 Å². The molecule has 4 amide bonds. The summed E-state index contributed by atoms with van der Waals surface area (Å²) in [4.78, 5) is 29.2. The van der Waals surface area contributed by atoms with Gasteiger partial charge in [-0.05, 0) is 64.6 Å². The molecule has 1 aromatic rings. The second-order valence-electron chi connectivity index (χ2n) is 7.84. The van der Waals surface area contributed by atoms with Crippen molar-refractivity contribution in [2.24, 2.45) is 0 Å². The molecule has 8 nitrogen and oxygen atoms in total. The molecule has 0 spiro atoms. The van der Waals surface area contributed by atoms with Gasteiger partial charge in [0.25, 0.3) is 0 Å². The van der Waals surface area contributed by atoms with Crippen molar-refractivity contribution >= 4 is 23.4 Å². The number of hydrogen-bond acceptors (Lipinski definition) is 4. The molecule has 0 heterocycles. The molecule has 0 saturated heterocycles. The van der Waals surface area contributed by atoms with Crippen molar-refractivity contribution in [3.63, 3.8) is 0 Å². The summed E-state index contributed by atoms with van der Waals surface area (Å²) >= 11 is 0. The van der Waals surface area contributed by atoms with Crippen LogP contribution < -0.4 is 21.3 Å². The molecular formula is C23H42N6O2. The third-order valence-corrected chi connectivity index (χ3v) is 5.73. The zero-order valence-electron chi connectivity index (χ0n) is 20.3. The van der Waals surface area contributed by atoms with Crippen molar-refractivity contribution in [1.82, 2.24) is 20.4 Å². The van der Waals surface area contributed by atoms with E-state index in [0.29, 0.717) is 24.5 Å². The molecule has 1 rings (SSSR count). The number of hydrogen-bond donors (Lipinski definition) is 4. The molecule has 0 bridgehead atoms. The minimum atomic E-state index is -0.258. The van der Waals surface area contributed by atoms with E-state index >= 15 is 0 Å². The largest absolute Gasteiger partial charge is 0.336 e. The maximum atomic E-state index is 12.4. The summed E-state index contributed by atoms with van der Waals surface area (Å²) in [6.45, 7) is 19.5. The number of carbonyl (C=O) groups is 2. The van der Waals surface area contributed by atoms with Crippen molar-refractivity contribution < 1.29 is 9.59 Å². The topological polar surface area (TPSA) is 88.7 Å². The van der Waals surface area contributed by atoms with E-state index in [4.69, 9.17) is 0 Å². The molecule has 0 radical (unpaired) electrons. The van der Waals surface area contributed by atoms with Crippen LogP contribution in [0.4, 0.5) is 21.0 Å². The van der Waals surface area contributed by atoms with Crippen molar-refractivity contribution in [3.05, 3.63) is 23.8 Å². The quantitative estimate of drug-likeness (QED) is 0.404. The minimum Gasteiger partial charge on any atom is -0.336 e. The van der Waals surface area contributed by atoms with Crippen LogP contribution in [0.25, 0.3) is 0 Å². The van der Waals surface area contributed by atoms with Crippen LogP contribution in [0.1, 0.15) is 47.1 Å². The lowest BCUT2D eigenvalue weighted by molar-refractivity contribution is 0.219. The average molecular weight is 435 g/mol. The normalized spacial score (nSPS) is 13.1. The maximum Gasteiger partial charge on any atom is 0.319 e. The Bertz CT molecular complexity index is 689. The van der Waals surface area contributed by atoms with Gasteiger partial charge in [0.2, 0.25) is 0 Å². The predicted octanol–water partition coefficient (Wildman–Crippen LogP) is 3.70. The third-order valence-electron chi connectivity index (χ3n) is 5.73. The number of nitrogens with zero attached hydrogens (tertiary/aromatic N) is 2. The standard InChI is InChI=1S/C23H42N6O2/c1-8-28(9-2)18(6)15-24-22(30)26-20-13-12-17(5)21(14-20)27-23(31)25-16-19(7)29(10-3)11-4/h12-14,18-19H,8-11,15-16H2,1-7H3,(H2,24,26,30)(H2,25,27,31)/t18-,19-/m1/s1. The Labute approximate surface area is 188 Å². The predicted molar refractivity (Wildman–Crippen MR) is 130 cm³/mol. The molecule has 0 unspecified atom stereocenters. The summed E-state index contributed by atoms with van der Waals surface area (Å²) < 4.78 is 0. The Hall–Kier alpha value is -2.32. The maximum absolute atomic E-state index is 12.4. The van der Waals surface area contributed by atoms with E-state index in [2.05, 4.69) is 72.6 Å². The van der Waals surface area contributed by atoms with Crippen molar-refractivity contribution in [3.8, 4) is 0 Å². The molecule has 31 heavy (non-hydrogen) atoms.